The highest BCUT2D eigenvalue weighted by Gasteiger charge is 2.37. The maximum Gasteiger partial charge on any atom is 0.312 e. The summed E-state index contributed by atoms with van der Waals surface area (Å²) in [6.45, 7) is 4.22. The van der Waals surface area contributed by atoms with Crippen LogP contribution in [-0.2, 0) is 19.1 Å². The molecule has 10 nitrogen and oxygen atoms in total. The first-order valence-electron chi connectivity index (χ1n) is 9.55. The summed E-state index contributed by atoms with van der Waals surface area (Å²) in [4.78, 5) is 38.7. The minimum Gasteiger partial charge on any atom is -0.486 e. The van der Waals surface area contributed by atoms with Crippen molar-refractivity contribution >= 4 is 29.3 Å². The van der Waals surface area contributed by atoms with Gasteiger partial charge in [-0.3, -0.25) is 14.4 Å². The Morgan fingerprint density at radius 2 is 2.00 bits per heavy atom. The number of aryl methyl sites for hydroxylation is 1. The predicted molar refractivity (Wildman–Crippen MR) is 103 cm³/mol. The fourth-order valence-corrected chi connectivity index (χ4v) is 3.29. The van der Waals surface area contributed by atoms with Crippen molar-refractivity contribution in [3.8, 4) is 11.5 Å². The largest absolute Gasteiger partial charge is 0.486 e. The second-order valence-electron chi connectivity index (χ2n) is 7.12. The van der Waals surface area contributed by atoms with Crippen LogP contribution in [0.5, 0.6) is 11.5 Å². The standard InChI is InChI=1S/C20H21N3O7/c1-11-7-17(22-30-11)21-19(25)12(2)29-20(26)13-8-18(24)23(10-13)14-3-4-15-16(9-14)28-6-5-27-15/h3-4,7,9,12-13H,5-6,8,10H2,1-2H3,(H,21,22,25)/t12-,13+/m1/s1. The van der Waals surface area contributed by atoms with Gasteiger partial charge in [0.25, 0.3) is 5.91 Å². The minimum atomic E-state index is -1.05. The van der Waals surface area contributed by atoms with Crippen LogP contribution in [0.4, 0.5) is 11.5 Å². The van der Waals surface area contributed by atoms with E-state index in [4.69, 9.17) is 18.7 Å². The first-order chi connectivity index (χ1) is 14.4. The van der Waals surface area contributed by atoms with Gasteiger partial charge in [0, 0.05) is 30.8 Å². The van der Waals surface area contributed by atoms with Crippen molar-refractivity contribution in [2.75, 3.05) is 30.0 Å². The van der Waals surface area contributed by atoms with E-state index in [2.05, 4.69) is 10.5 Å². The molecule has 0 unspecified atom stereocenters. The molecule has 1 saturated heterocycles. The number of hydrogen-bond acceptors (Lipinski definition) is 8. The van der Waals surface area contributed by atoms with Gasteiger partial charge in [-0.15, -0.1) is 0 Å². The molecule has 3 heterocycles. The summed E-state index contributed by atoms with van der Waals surface area (Å²) in [7, 11) is 0. The number of carbonyl (C=O) groups is 3. The lowest BCUT2D eigenvalue weighted by Gasteiger charge is -2.22. The lowest BCUT2D eigenvalue weighted by molar-refractivity contribution is -0.157. The van der Waals surface area contributed by atoms with Crippen LogP contribution < -0.4 is 19.7 Å². The molecule has 4 rings (SSSR count). The molecule has 0 spiro atoms. The highest BCUT2D eigenvalue weighted by atomic mass is 16.6. The Bertz CT molecular complexity index is 987. The molecular formula is C20H21N3O7. The topological polar surface area (TPSA) is 120 Å². The van der Waals surface area contributed by atoms with E-state index in [0.717, 1.165) is 0 Å². The lowest BCUT2D eigenvalue weighted by Crippen LogP contribution is -2.33. The number of anilines is 2. The highest BCUT2D eigenvalue weighted by molar-refractivity contribution is 6.00. The van der Waals surface area contributed by atoms with Crippen LogP contribution in [0, 0.1) is 12.8 Å². The molecule has 1 aromatic carbocycles. The zero-order valence-electron chi connectivity index (χ0n) is 16.5. The van der Waals surface area contributed by atoms with Crippen molar-refractivity contribution in [2.45, 2.75) is 26.4 Å². The number of fused-ring (bicyclic) bond motifs is 1. The van der Waals surface area contributed by atoms with Gasteiger partial charge in [0.1, 0.15) is 19.0 Å². The van der Waals surface area contributed by atoms with Crippen molar-refractivity contribution in [1.29, 1.82) is 0 Å². The third kappa shape index (κ3) is 4.07. The zero-order chi connectivity index (χ0) is 21.3. The Kier molecular flexibility index (Phi) is 5.30. The minimum absolute atomic E-state index is 0.00406. The molecule has 0 radical (unpaired) electrons. The van der Waals surface area contributed by atoms with Gasteiger partial charge >= 0.3 is 5.97 Å². The number of esters is 1. The number of hydrogen-bond donors (Lipinski definition) is 1. The van der Waals surface area contributed by atoms with Crippen molar-refractivity contribution in [1.82, 2.24) is 5.16 Å². The smallest absolute Gasteiger partial charge is 0.312 e. The van der Waals surface area contributed by atoms with Crippen LogP contribution in [0.25, 0.3) is 0 Å². The third-order valence-electron chi connectivity index (χ3n) is 4.84. The molecule has 2 amide bonds. The molecule has 30 heavy (non-hydrogen) atoms. The Morgan fingerprint density at radius 3 is 2.73 bits per heavy atom. The predicted octanol–water partition coefficient (Wildman–Crippen LogP) is 1.68. The number of nitrogens with one attached hydrogen (secondary N) is 1. The van der Waals surface area contributed by atoms with Crippen LogP contribution in [-0.4, -0.2) is 48.8 Å². The monoisotopic (exact) mass is 415 g/mol. The number of ether oxygens (including phenoxy) is 3. The highest BCUT2D eigenvalue weighted by Crippen LogP contribution is 2.36. The second-order valence-corrected chi connectivity index (χ2v) is 7.12. The van der Waals surface area contributed by atoms with Crippen LogP contribution in [0.2, 0.25) is 0 Å². The molecule has 10 heteroatoms. The Hall–Kier alpha value is -3.56. The van der Waals surface area contributed by atoms with E-state index in [1.165, 1.54) is 11.8 Å². The van der Waals surface area contributed by atoms with Gasteiger partial charge in [-0.1, -0.05) is 5.16 Å². The number of amides is 2. The van der Waals surface area contributed by atoms with E-state index >= 15 is 0 Å². The number of aromatic nitrogens is 1. The van der Waals surface area contributed by atoms with Gasteiger partial charge in [-0.05, 0) is 26.0 Å². The summed E-state index contributed by atoms with van der Waals surface area (Å²) in [5, 5.41) is 6.17. The average molecular weight is 415 g/mol. The first kappa shape index (κ1) is 19.7. The summed E-state index contributed by atoms with van der Waals surface area (Å²) < 4.78 is 21.2. The van der Waals surface area contributed by atoms with Crippen LogP contribution in [0.1, 0.15) is 19.1 Å². The SMILES string of the molecule is Cc1cc(NC(=O)[C@@H](C)OC(=O)[C@H]2CC(=O)N(c3ccc4c(c3)OCCO4)C2)no1. The van der Waals surface area contributed by atoms with Gasteiger partial charge in [0.2, 0.25) is 5.91 Å². The molecule has 0 aliphatic carbocycles. The van der Waals surface area contributed by atoms with E-state index in [1.54, 1.807) is 31.2 Å². The summed E-state index contributed by atoms with van der Waals surface area (Å²) in [6.07, 6.45) is -1.04. The van der Waals surface area contributed by atoms with E-state index in [-0.39, 0.29) is 24.7 Å². The number of benzene rings is 1. The number of nitrogens with zero attached hydrogens (tertiary/aromatic N) is 2. The molecule has 1 N–H and O–H groups in total. The van der Waals surface area contributed by atoms with E-state index in [9.17, 15) is 14.4 Å². The molecule has 2 atom stereocenters. The summed E-state index contributed by atoms with van der Waals surface area (Å²) in [6, 6.07) is 6.75. The third-order valence-corrected chi connectivity index (χ3v) is 4.84. The molecule has 2 aliphatic heterocycles. The number of carbonyl (C=O) groups excluding carboxylic acids is 3. The average Bonchev–Trinajstić information content (AvgIpc) is 3.32. The molecule has 1 fully saturated rings. The number of rotatable bonds is 5. The van der Waals surface area contributed by atoms with Gasteiger partial charge in [0.05, 0.1) is 5.92 Å². The van der Waals surface area contributed by atoms with Crippen molar-refractivity contribution in [3.63, 3.8) is 0 Å². The maximum absolute atomic E-state index is 12.5. The van der Waals surface area contributed by atoms with Crippen LogP contribution in [0.15, 0.2) is 28.8 Å². The lowest BCUT2D eigenvalue weighted by atomic mass is 10.1. The zero-order valence-corrected chi connectivity index (χ0v) is 16.5. The Balaban J connectivity index is 1.36. The van der Waals surface area contributed by atoms with Crippen molar-refractivity contribution < 1.29 is 33.1 Å². The van der Waals surface area contributed by atoms with E-state index in [1.807, 2.05) is 0 Å². The molecule has 0 bridgehead atoms. The Labute approximate surface area is 172 Å². The normalized spacial score (nSPS) is 18.8. The quantitative estimate of drug-likeness (QED) is 0.733. The van der Waals surface area contributed by atoms with Gasteiger partial charge < -0.3 is 29.0 Å². The molecule has 0 saturated carbocycles. The summed E-state index contributed by atoms with van der Waals surface area (Å²) >= 11 is 0. The fraction of sp³-hybridized carbons (Fsp3) is 0.400. The molecular weight excluding hydrogens is 394 g/mol. The Morgan fingerprint density at radius 1 is 1.23 bits per heavy atom. The molecule has 2 aromatic rings. The van der Waals surface area contributed by atoms with Gasteiger partial charge in [0.15, 0.2) is 23.4 Å². The second kappa shape index (κ2) is 8.05. The summed E-state index contributed by atoms with van der Waals surface area (Å²) in [5.41, 5.74) is 0.617. The molecule has 158 valence electrons. The summed E-state index contributed by atoms with van der Waals surface area (Å²) in [5.74, 6) is -0.0633. The van der Waals surface area contributed by atoms with Crippen LogP contribution >= 0.6 is 0 Å². The van der Waals surface area contributed by atoms with E-state index in [0.29, 0.717) is 36.2 Å². The first-order valence-corrected chi connectivity index (χ1v) is 9.55. The maximum atomic E-state index is 12.5. The molecule has 2 aliphatic rings. The molecule has 1 aromatic heterocycles. The van der Waals surface area contributed by atoms with Crippen LogP contribution in [0.3, 0.4) is 0 Å². The fourth-order valence-electron chi connectivity index (χ4n) is 3.29. The van der Waals surface area contributed by atoms with Crippen molar-refractivity contribution in [2.24, 2.45) is 5.92 Å². The van der Waals surface area contributed by atoms with E-state index < -0.39 is 23.9 Å². The van der Waals surface area contributed by atoms with Gasteiger partial charge in [-0.25, -0.2) is 0 Å². The van der Waals surface area contributed by atoms with Crippen molar-refractivity contribution in [3.05, 3.63) is 30.0 Å². The van der Waals surface area contributed by atoms with Gasteiger partial charge in [-0.2, -0.15) is 0 Å².